The number of hydrogen-bond acceptors (Lipinski definition) is 3. The van der Waals surface area contributed by atoms with E-state index in [1.807, 2.05) is 31.2 Å². The molecule has 4 rings (SSSR count). The summed E-state index contributed by atoms with van der Waals surface area (Å²) in [5.41, 5.74) is 3.57. The summed E-state index contributed by atoms with van der Waals surface area (Å²) < 4.78 is 15.5. The fourth-order valence-electron chi connectivity index (χ4n) is 4.68. The summed E-state index contributed by atoms with van der Waals surface area (Å²) in [6.45, 7) is 5.34. The van der Waals surface area contributed by atoms with Crippen LogP contribution in [0.5, 0.6) is 0 Å². The predicted molar refractivity (Wildman–Crippen MR) is 127 cm³/mol. The molecule has 1 fully saturated rings. The van der Waals surface area contributed by atoms with Crippen molar-refractivity contribution < 1.29 is 9.18 Å². The van der Waals surface area contributed by atoms with E-state index in [9.17, 15) is 9.18 Å². The lowest BCUT2D eigenvalue weighted by atomic mass is 10.0. The molecule has 6 heteroatoms. The summed E-state index contributed by atoms with van der Waals surface area (Å²) in [7, 11) is 3.79. The Balaban J connectivity index is 1.39. The first-order chi connectivity index (χ1) is 15.4. The van der Waals surface area contributed by atoms with E-state index in [0.717, 1.165) is 44.5 Å². The molecule has 2 aromatic carbocycles. The van der Waals surface area contributed by atoms with Crippen molar-refractivity contribution >= 4 is 16.8 Å². The van der Waals surface area contributed by atoms with Gasteiger partial charge in [-0.25, -0.2) is 9.40 Å². The molecular weight excluding hydrogens is 403 g/mol. The molecule has 2 heterocycles. The maximum atomic E-state index is 13.1. The predicted octanol–water partition coefficient (Wildman–Crippen LogP) is 4.49. The van der Waals surface area contributed by atoms with Crippen molar-refractivity contribution in [3.8, 4) is 0 Å². The first kappa shape index (κ1) is 22.5. The number of likely N-dealkylation sites (tertiary alicyclic amines) is 1. The van der Waals surface area contributed by atoms with Gasteiger partial charge in [0, 0.05) is 58.4 Å². The van der Waals surface area contributed by atoms with Crippen LogP contribution >= 0.6 is 0 Å². The summed E-state index contributed by atoms with van der Waals surface area (Å²) in [4.78, 5) is 14.5. The number of hydrazine groups is 1. The fourth-order valence-corrected chi connectivity index (χ4v) is 4.68. The Kier molecular flexibility index (Phi) is 6.92. The zero-order valence-corrected chi connectivity index (χ0v) is 19.3. The molecule has 0 saturated carbocycles. The minimum absolute atomic E-state index is 0.0403. The van der Waals surface area contributed by atoms with Gasteiger partial charge in [0.1, 0.15) is 5.82 Å². The van der Waals surface area contributed by atoms with Crippen molar-refractivity contribution in [2.45, 2.75) is 38.8 Å². The van der Waals surface area contributed by atoms with E-state index < -0.39 is 0 Å². The smallest absolute Gasteiger partial charge is 0.234 e. The zero-order chi connectivity index (χ0) is 22.7. The highest BCUT2D eigenvalue weighted by Crippen LogP contribution is 2.29. The van der Waals surface area contributed by atoms with E-state index in [-0.39, 0.29) is 11.7 Å². The first-order valence-electron chi connectivity index (χ1n) is 11.4. The van der Waals surface area contributed by atoms with Gasteiger partial charge in [-0.1, -0.05) is 24.3 Å². The Labute approximate surface area is 190 Å². The van der Waals surface area contributed by atoms with Crippen LogP contribution in [0.4, 0.5) is 4.39 Å². The number of hydrogen-bond donors (Lipinski definition) is 0. The lowest BCUT2D eigenvalue weighted by Crippen LogP contribution is -2.39. The highest BCUT2D eigenvalue weighted by molar-refractivity contribution is 5.81. The monoisotopic (exact) mass is 436 g/mol. The van der Waals surface area contributed by atoms with Gasteiger partial charge in [-0.3, -0.25) is 9.80 Å². The first-order valence-corrected chi connectivity index (χ1v) is 11.4. The molecular formula is C26H33FN4O. The molecule has 1 amide bonds. The van der Waals surface area contributed by atoms with E-state index in [0.29, 0.717) is 12.6 Å². The van der Waals surface area contributed by atoms with Crippen LogP contribution in [0, 0.1) is 5.82 Å². The molecule has 0 radical (unpaired) electrons. The van der Waals surface area contributed by atoms with Crippen molar-refractivity contribution in [3.05, 3.63) is 71.7 Å². The minimum atomic E-state index is -0.174. The number of nitrogens with zero attached hydrogens (tertiary/aromatic N) is 4. The number of piperidine rings is 1. The molecule has 5 nitrogen and oxygen atoms in total. The van der Waals surface area contributed by atoms with Crippen LogP contribution in [0.2, 0.25) is 0 Å². The lowest BCUT2D eigenvalue weighted by molar-refractivity contribution is -0.143. The van der Waals surface area contributed by atoms with Crippen molar-refractivity contribution in [3.63, 3.8) is 0 Å². The number of benzene rings is 2. The van der Waals surface area contributed by atoms with E-state index in [1.165, 1.54) is 16.5 Å². The van der Waals surface area contributed by atoms with Gasteiger partial charge in [0.15, 0.2) is 0 Å². The third-order valence-corrected chi connectivity index (χ3v) is 6.55. The van der Waals surface area contributed by atoms with Crippen LogP contribution in [0.15, 0.2) is 54.7 Å². The summed E-state index contributed by atoms with van der Waals surface area (Å²) >= 11 is 0. The molecule has 1 saturated heterocycles. The van der Waals surface area contributed by atoms with Crippen molar-refractivity contribution in [2.24, 2.45) is 0 Å². The quantitative estimate of drug-likeness (QED) is 0.512. The minimum Gasteiger partial charge on any atom is -0.344 e. The Morgan fingerprint density at radius 2 is 1.72 bits per heavy atom. The van der Waals surface area contributed by atoms with Crippen molar-refractivity contribution in [2.75, 3.05) is 33.7 Å². The molecule has 3 aromatic rings. The molecule has 1 aliphatic rings. The fraction of sp³-hybridized carbons (Fsp3) is 0.423. The molecule has 0 aliphatic carbocycles. The average Bonchev–Trinajstić information content (AvgIpc) is 3.20. The second kappa shape index (κ2) is 9.84. The number of carbonyl (C=O) groups excluding carboxylic acids is 1. The maximum absolute atomic E-state index is 13.1. The Bertz CT molecular complexity index is 1050. The van der Waals surface area contributed by atoms with Crippen LogP contribution < -0.4 is 0 Å². The second-order valence-corrected chi connectivity index (χ2v) is 8.99. The number of rotatable bonds is 7. The van der Waals surface area contributed by atoms with Crippen LogP contribution in [-0.2, 0) is 17.8 Å². The number of carbonyl (C=O) groups is 1. The highest BCUT2D eigenvalue weighted by Gasteiger charge is 2.21. The zero-order valence-electron chi connectivity index (χ0n) is 19.3. The molecule has 0 atom stereocenters. The van der Waals surface area contributed by atoms with Crippen molar-refractivity contribution in [1.29, 1.82) is 0 Å². The topological polar surface area (TPSA) is 31.7 Å². The van der Waals surface area contributed by atoms with E-state index in [2.05, 4.69) is 39.9 Å². The Hall–Kier alpha value is -2.70. The second-order valence-electron chi connectivity index (χ2n) is 8.99. The lowest BCUT2D eigenvalue weighted by Gasteiger charge is -2.33. The molecule has 1 aliphatic heterocycles. The SMILES string of the molecule is CC(=O)N(Cc1ccc2ccn(C3CCN(CCc4ccc(F)cc4)CC3)c2c1)N(C)C. The number of fused-ring (bicyclic) bond motifs is 1. The summed E-state index contributed by atoms with van der Waals surface area (Å²) in [6, 6.07) is 16.0. The van der Waals surface area contributed by atoms with Crippen LogP contribution in [0.25, 0.3) is 10.9 Å². The normalized spacial score (nSPS) is 15.5. The Morgan fingerprint density at radius 1 is 1.03 bits per heavy atom. The van der Waals surface area contributed by atoms with Gasteiger partial charge in [0.05, 0.1) is 6.54 Å². The average molecular weight is 437 g/mol. The van der Waals surface area contributed by atoms with Gasteiger partial charge in [-0.2, -0.15) is 0 Å². The maximum Gasteiger partial charge on any atom is 0.234 e. The van der Waals surface area contributed by atoms with Gasteiger partial charge in [-0.15, -0.1) is 0 Å². The standard InChI is InChI=1S/C26H33FN4O/c1-20(32)31(28(2)3)19-22-4-7-23-11-17-30(26(23)18-22)25-12-15-29(16-13-25)14-10-21-5-8-24(27)9-6-21/h4-9,11,17-18,25H,10,12-16,19H2,1-3H3. The van der Waals surface area contributed by atoms with Crippen LogP contribution in [0.1, 0.15) is 36.9 Å². The van der Waals surface area contributed by atoms with Gasteiger partial charge < -0.3 is 9.47 Å². The Morgan fingerprint density at radius 3 is 2.38 bits per heavy atom. The third kappa shape index (κ3) is 5.19. The number of halogens is 1. The van der Waals surface area contributed by atoms with E-state index in [4.69, 9.17) is 0 Å². The van der Waals surface area contributed by atoms with E-state index >= 15 is 0 Å². The molecule has 1 aromatic heterocycles. The molecule has 0 bridgehead atoms. The molecule has 0 unspecified atom stereocenters. The molecule has 170 valence electrons. The molecule has 0 spiro atoms. The summed E-state index contributed by atoms with van der Waals surface area (Å²) in [5.74, 6) is -0.133. The largest absolute Gasteiger partial charge is 0.344 e. The third-order valence-electron chi connectivity index (χ3n) is 6.55. The van der Waals surface area contributed by atoms with Gasteiger partial charge in [0.25, 0.3) is 0 Å². The summed E-state index contributed by atoms with van der Waals surface area (Å²) in [6.07, 6.45) is 5.41. The van der Waals surface area contributed by atoms with Crippen LogP contribution in [-0.4, -0.2) is 59.1 Å². The highest BCUT2D eigenvalue weighted by atomic mass is 19.1. The molecule has 0 N–H and O–H groups in total. The number of aromatic nitrogens is 1. The summed E-state index contributed by atoms with van der Waals surface area (Å²) in [5, 5.41) is 4.83. The van der Waals surface area contributed by atoms with E-state index in [1.54, 1.807) is 24.1 Å². The van der Waals surface area contributed by atoms with Gasteiger partial charge in [-0.05, 0) is 60.0 Å². The number of amides is 1. The molecule has 32 heavy (non-hydrogen) atoms. The van der Waals surface area contributed by atoms with Gasteiger partial charge in [0.2, 0.25) is 5.91 Å². The van der Waals surface area contributed by atoms with Crippen LogP contribution in [0.3, 0.4) is 0 Å². The van der Waals surface area contributed by atoms with Crippen molar-refractivity contribution in [1.82, 2.24) is 19.5 Å². The van der Waals surface area contributed by atoms with Gasteiger partial charge >= 0.3 is 0 Å².